The molecular weight excluding hydrogens is 250 g/mol. The zero-order chi connectivity index (χ0) is 12.0. The number of carboxylic acids is 1. The Morgan fingerprint density at radius 3 is 2.94 bits per heavy atom. The lowest BCUT2D eigenvalue weighted by atomic mass is 10.1. The Labute approximate surface area is 102 Å². The third-order valence-electron chi connectivity index (χ3n) is 2.08. The van der Waals surface area contributed by atoms with Crippen LogP contribution in [0, 0.1) is 0 Å². The third-order valence-corrected chi connectivity index (χ3v) is 3.39. The van der Waals surface area contributed by atoms with E-state index in [0.29, 0.717) is 24.3 Å². The summed E-state index contributed by atoms with van der Waals surface area (Å²) in [6.07, 6.45) is 1.68. The van der Waals surface area contributed by atoms with Crippen molar-refractivity contribution in [2.75, 3.05) is 0 Å². The van der Waals surface area contributed by atoms with Crippen LogP contribution in [0.4, 0.5) is 0 Å². The molecule has 2 N–H and O–H groups in total. The summed E-state index contributed by atoms with van der Waals surface area (Å²) in [5.74, 6) is -0.859. The SMILES string of the molecule is O=CNC(CCC(=O)O)Cc1cc(Cl)cs1. The predicted octanol–water partition coefficient (Wildman–Crippen LogP) is 1.92. The van der Waals surface area contributed by atoms with Crippen LogP contribution in [-0.4, -0.2) is 23.5 Å². The van der Waals surface area contributed by atoms with Crippen LogP contribution in [0.2, 0.25) is 5.02 Å². The van der Waals surface area contributed by atoms with Gasteiger partial charge in [-0.3, -0.25) is 9.59 Å². The van der Waals surface area contributed by atoms with E-state index in [-0.39, 0.29) is 12.5 Å². The average Bonchev–Trinajstić information content (AvgIpc) is 2.61. The number of rotatable bonds is 7. The van der Waals surface area contributed by atoms with Gasteiger partial charge in [-0.1, -0.05) is 11.6 Å². The quantitative estimate of drug-likeness (QED) is 0.737. The standard InChI is InChI=1S/C10H12ClNO3S/c11-7-3-9(16-5-7)4-8(12-6-13)1-2-10(14)15/h3,5-6,8H,1-2,4H2,(H,12,13)(H,14,15). The molecule has 4 nitrogen and oxygen atoms in total. The first-order valence-corrected chi connectivity index (χ1v) is 6.02. The molecule has 88 valence electrons. The second-order valence-electron chi connectivity index (χ2n) is 3.35. The molecule has 0 spiro atoms. The highest BCUT2D eigenvalue weighted by Crippen LogP contribution is 2.21. The van der Waals surface area contributed by atoms with Crippen molar-refractivity contribution in [1.82, 2.24) is 5.32 Å². The number of amides is 1. The molecule has 0 saturated heterocycles. The van der Waals surface area contributed by atoms with Gasteiger partial charge >= 0.3 is 5.97 Å². The normalized spacial score (nSPS) is 12.1. The van der Waals surface area contributed by atoms with Gasteiger partial charge in [0, 0.05) is 29.1 Å². The van der Waals surface area contributed by atoms with E-state index in [1.807, 2.05) is 11.4 Å². The van der Waals surface area contributed by atoms with Gasteiger partial charge in [0.1, 0.15) is 0 Å². The van der Waals surface area contributed by atoms with Crippen LogP contribution >= 0.6 is 22.9 Å². The second kappa shape index (κ2) is 6.50. The highest BCUT2D eigenvalue weighted by atomic mass is 35.5. The smallest absolute Gasteiger partial charge is 0.303 e. The maximum Gasteiger partial charge on any atom is 0.303 e. The summed E-state index contributed by atoms with van der Waals surface area (Å²) in [5.41, 5.74) is 0. The molecule has 16 heavy (non-hydrogen) atoms. The van der Waals surface area contributed by atoms with E-state index >= 15 is 0 Å². The van der Waals surface area contributed by atoms with Crippen LogP contribution in [0.5, 0.6) is 0 Å². The topological polar surface area (TPSA) is 66.4 Å². The molecule has 0 fully saturated rings. The van der Waals surface area contributed by atoms with Gasteiger partial charge in [0.15, 0.2) is 0 Å². The molecule has 0 aliphatic carbocycles. The van der Waals surface area contributed by atoms with Crippen LogP contribution in [0.25, 0.3) is 0 Å². The van der Waals surface area contributed by atoms with Crippen LogP contribution in [0.3, 0.4) is 0 Å². The maximum absolute atomic E-state index is 10.4. The molecule has 6 heteroatoms. The van der Waals surface area contributed by atoms with Crippen LogP contribution in [0.15, 0.2) is 11.4 Å². The van der Waals surface area contributed by atoms with Crippen molar-refractivity contribution in [2.24, 2.45) is 0 Å². The summed E-state index contributed by atoms with van der Waals surface area (Å²) < 4.78 is 0. The average molecular weight is 262 g/mol. The molecule has 0 aromatic carbocycles. The van der Waals surface area contributed by atoms with E-state index in [2.05, 4.69) is 5.32 Å². The molecule has 1 aromatic rings. The Balaban J connectivity index is 2.49. The fraction of sp³-hybridized carbons (Fsp3) is 0.400. The molecule has 0 aliphatic heterocycles. The van der Waals surface area contributed by atoms with Crippen molar-refractivity contribution in [3.8, 4) is 0 Å². The zero-order valence-electron chi connectivity index (χ0n) is 8.48. The summed E-state index contributed by atoms with van der Waals surface area (Å²) in [4.78, 5) is 21.8. The van der Waals surface area contributed by atoms with Gasteiger partial charge in [0.25, 0.3) is 0 Å². The Hall–Kier alpha value is -1.07. The Morgan fingerprint density at radius 2 is 2.44 bits per heavy atom. The lowest BCUT2D eigenvalue weighted by Crippen LogP contribution is -2.30. The number of carbonyl (C=O) groups excluding carboxylic acids is 1. The van der Waals surface area contributed by atoms with Crippen molar-refractivity contribution in [3.63, 3.8) is 0 Å². The van der Waals surface area contributed by atoms with Crippen molar-refractivity contribution in [2.45, 2.75) is 25.3 Å². The third kappa shape index (κ3) is 4.63. The van der Waals surface area contributed by atoms with Gasteiger partial charge in [-0.05, 0) is 12.5 Å². The van der Waals surface area contributed by atoms with Crippen LogP contribution in [-0.2, 0) is 16.0 Å². The van der Waals surface area contributed by atoms with Crippen LogP contribution in [0.1, 0.15) is 17.7 Å². The summed E-state index contributed by atoms with van der Waals surface area (Å²) in [6, 6.07) is 1.68. The summed E-state index contributed by atoms with van der Waals surface area (Å²) in [7, 11) is 0. The molecule has 1 unspecified atom stereocenters. The van der Waals surface area contributed by atoms with Gasteiger partial charge < -0.3 is 10.4 Å². The van der Waals surface area contributed by atoms with E-state index < -0.39 is 5.97 Å². The van der Waals surface area contributed by atoms with E-state index in [1.165, 1.54) is 11.3 Å². The minimum Gasteiger partial charge on any atom is -0.481 e. The van der Waals surface area contributed by atoms with E-state index in [4.69, 9.17) is 16.7 Å². The second-order valence-corrected chi connectivity index (χ2v) is 4.78. The molecule has 1 rings (SSSR count). The number of carbonyl (C=O) groups is 2. The molecule has 0 saturated carbocycles. The molecule has 1 heterocycles. The van der Waals surface area contributed by atoms with Crippen molar-refractivity contribution >= 4 is 35.3 Å². The highest BCUT2D eigenvalue weighted by Gasteiger charge is 2.12. The first kappa shape index (κ1) is 13.0. The molecule has 0 aliphatic rings. The number of hydrogen-bond acceptors (Lipinski definition) is 3. The first-order chi connectivity index (χ1) is 7.61. The van der Waals surface area contributed by atoms with Gasteiger partial charge in [0.2, 0.25) is 6.41 Å². The number of aliphatic carboxylic acids is 1. The molecule has 0 radical (unpaired) electrons. The molecule has 1 atom stereocenters. The van der Waals surface area contributed by atoms with Crippen molar-refractivity contribution < 1.29 is 14.7 Å². The monoisotopic (exact) mass is 261 g/mol. The first-order valence-electron chi connectivity index (χ1n) is 4.76. The highest BCUT2D eigenvalue weighted by molar-refractivity contribution is 7.10. The molecule has 1 amide bonds. The van der Waals surface area contributed by atoms with Gasteiger partial charge in [0.05, 0.1) is 5.02 Å². The summed E-state index contributed by atoms with van der Waals surface area (Å²) >= 11 is 7.28. The number of hydrogen-bond donors (Lipinski definition) is 2. The molecule has 0 bridgehead atoms. The number of halogens is 1. The van der Waals surface area contributed by atoms with Crippen molar-refractivity contribution in [1.29, 1.82) is 0 Å². The Bertz CT molecular complexity index is 367. The van der Waals surface area contributed by atoms with E-state index in [1.54, 1.807) is 0 Å². The van der Waals surface area contributed by atoms with Crippen molar-refractivity contribution in [3.05, 3.63) is 21.3 Å². The van der Waals surface area contributed by atoms with Gasteiger partial charge in [-0.15, -0.1) is 11.3 Å². The fourth-order valence-corrected chi connectivity index (χ4v) is 2.50. The summed E-state index contributed by atoms with van der Waals surface area (Å²) in [6.45, 7) is 0. The lowest BCUT2D eigenvalue weighted by molar-refractivity contribution is -0.137. The zero-order valence-corrected chi connectivity index (χ0v) is 10.1. The van der Waals surface area contributed by atoms with Gasteiger partial charge in [-0.25, -0.2) is 0 Å². The number of nitrogens with one attached hydrogen (secondary N) is 1. The Kier molecular flexibility index (Phi) is 5.28. The molecular formula is C10H12ClNO3S. The maximum atomic E-state index is 10.4. The predicted molar refractivity (Wildman–Crippen MR) is 62.9 cm³/mol. The van der Waals surface area contributed by atoms with Gasteiger partial charge in [-0.2, -0.15) is 0 Å². The fourth-order valence-electron chi connectivity index (χ4n) is 1.34. The number of carboxylic acid groups (broad SMARTS) is 1. The summed E-state index contributed by atoms with van der Waals surface area (Å²) in [5, 5.41) is 13.7. The minimum absolute atomic E-state index is 0.0462. The Morgan fingerprint density at radius 1 is 1.69 bits per heavy atom. The van der Waals surface area contributed by atoms with E-state index in [9.17, 15) is 9.59 Å². The van der Waals surface area contributed by atoms with Crippen LogP contribution < -0.4 is 5.32 Å². The van der Waals surface area contributed by atoms with E-state index in [0.717, 1.165) is 4.88 Å². The molecule has 1 aromatic heterocycles. The minimum atomic E-state index is -0.859. The lowest BCUT2D eigenvalue weighted by Gasteiger charge is -2.13. The largest absolute Gasteiger partial charge is 0.481 e. The number of thiophene rings is 1.